The molecule has 0 spiro atoms. The van der Waals surface area contributed by atoms with Crippen molar-refractivity contribution in [2.45, 2.75) is 24.2 Å². The van der Waals surface area contributed by atoms with Gasteiger partial charge < -0.3 is 0 Å². The van der Waals surface area contributed by atoms with Crippen LogP contribution in [-0.4, -0.2) is 14.9 Å². The molecule has 1 rings (SSSR count). The molecular weight excluding hydrogens is 240 g/mol. The van der Waals surface area contributed by atoms with Crippen molar-refractivity contribution in [3.63, 3.8) is 0 Å². The highest BCUT2D eigenvalue weighted by atomic mass is 32.2. The maximum absolute atomic E-state index is 11.9. The van der Waals surface area contributed by atoms with Crippen molar-refractivity contribution in [2.24, 2.45) is 0 Å². The molecule has 90 valence electrons. The Hall–Kier alpha value is -1.74. The molecule has 0 bridgehead atoms. The first kappa shape index (κ1) is 13.3. The molecule has 1 aromatic rings. The zero-order chi connectivity index (χ0) is 12.7. The van der Waals surface area contributed by atoms with Crippen LogP contribution in [0.1, 0.15) is 19.3 Å². The number of benzene rings is 1. The fourth-order valence-electron chi connectivity index (χ4n) is 1.35. The van der Waals surface area contributed by atoms with E-state index in [1.807, 2.05) is 6.07 Å². The van der Waals surface area contributed by atoms with Crippen molar-refractivity contribution in [2.75, 3.05) is 5.75 Å². The summed E-state index contributed by atoms with van der Waals surface area (Å²) in [6, 6.07) is 8.05. The number of rotatable bonds is 6. The van der Waals surface area contributed by atoms with E-state index in [9.17, 15) is 14.3 Å². The predicted octanol–water partition coefficient (Wildman–Crippen LogP) is 2.40. The van der Waals surface area contributed by atoms with Crippen LogP contribution in [0.25, 0.3) is 0 Å². The molecule has 0 aromatic heterocycles. The van der Waals surface area contributed by atoms with Crippen LogP contribution in [-0.2, 0) is 10.8 Å². The number of hydrogen-bond acceptors (Lipinski definition) is 4. The molecule has 0 N–H and O–H groups in total. The first-order valence-corrected chi connectivity index (χ1v) is 6.47. The van der Waals surface area contributed by atoms with Gasteiger partial charge in [0, 0.05) is 18.2 Å². The minimum absolute atomic E-state index is 0.105. The van der Waals surface area contributed by atoms with Gasteiger partial charge in [0.05, 0.1) is 21.8 Å². The van der Waals surface area contributed by atoms with E-state index in [0.29, 0.717) is 25.0 Å². The third kappa shape index (κ3) is 3.96. The summed E-state index contributed by atoms with van der Waals surface area (Å²) in [6.45, 7) is 0. The molecule has 1 atom stereocenters. The standard InChI is InChI=1S/C11H12N2O3S/c12-8-4-1-5-9-17(16)11-7-3-2-6-10(11)13(14)15/h2-3,6-7H,1,4-5,9H2. The van der Waals surface area contributed by atoms with Gasteiger partial charge >= 0.3 is 0 Å². The fourth-order valence-corrected chi connectivity index (χ4v) is 2.64. The summed E-state index contributed by atoms with van der Waals surface area (Å²) in [5.41, 5.74) is -0.105. The average Bonchev–Trinajstić information content (AvgIpc) is 2.34. The summed E-state index contributed by atoms with van der Waals surface area (Å²) < 4.78 is 11.9. The second-order valence-electron chi connectivity index (χ2n) is 3.39. The normalized spacial score (nSPS) is 11.7. The van der Waals surface area contributed by atoms with Gasteiger partial charge in [0.25, 0.3) is 5.69 Å². The highest BCUT2D eigenvalue weighted by molar-refractivity contribution is 7.85. The first-order valence-electron chi connectivity index (χ1n) is 5.15. The molecule has 1 unspecified atom stereocenters. The fraction of sp³-hybridized carbons (Fsp3) is 0.364. The van der Waals surface area contributed by atoms with Crippen molar-refractivity contribution >= 4 is 16.5 Å². The summed E-state index contributed by atoms with van der Waals surface area (Å²) in [5, 5.41) is 19.1. The summed E-state index contributed by atoms with van der Waals surface area (Å²) in [5.74, 6) is 0.354. The van der Waals surface area contributed by atoms with E-state index in [1.54, 1.807) is 12.1 Å². The smallest absolute Gasteiger partial charge is 0.258 e. The number of hydrogen-bond donors (Lipinski definition) is 0. The van der Waals surface area contributed by atoms with Crippen LogP contribution in [0.4, 0.5) is 5.69 Å². The monoisotopic (exact) mass is 252 g/mol. The van der Waals surface area contributed by atoms with Crippen LogP contribution in [0.2, 0.25) is 0 Å². The van der Waals surface area contributed by atoms with Gasteiger partial charge in [-0.15, -0.1) is 0 Å². The first-order chi connectivity index (χ1) is 8.16. The van der Waals surface area contributed by atoms with E-state index in [1.165, 1.54) is 12.1 Å². The second kappa shape index (κ2) is 6.76. The van der Waals surface area contributed by atoms with Crippen LogP contribution < -0.4 is 0 Å². The molecule has 5 nitrogen and oxygen atoms in total. The highest BCUT2D eigenvalue weighted by Gasteiger charge is 2.17. The van der Waals surface area contributed by atoms with Crippen LogP contribution >= 0.6 is 0 Å². The highest BCUT2D eigenvalue weighted by Crippen LogP contribution is 2.22. The van der Waals surface area contributed by atoms with Crippen molar-refractivity contribution < 1.29 is 9.13 Å². The molecule has 6 heteroatoms. The Bertz CT molecular complexity index is 468. The maximum atomic E-state index is 11.9. The molecule has 0 saturated heterocycles. The van der Waals surface area contributed by atoms with Gasteiger partial charge in [-0.3, -0.25) is 14.3 Å². The lowest BCUT2D eigenvalue weighted by Gasteiger charge is -2.02. The lowest BCUT2D eigenvalue weighted by atomic mass is 10.3. The van der Waals surface area contributed by atoms with E-state index in [0.717, 1.165) is 0 Å². The third-order valence-corrected chi connectivity index (χ3v) is 3.67. The van der Waals surface area contributed by atoms with Gasteiger partial charge in [-0.05, 0) is 18.9 Å². The molecule has 1 aromatic carbocycles. The number of unbranched alkanes of at least 4 members (excludes halogenated alkanes) is 2. The topological polar surface area (TPSA) is 84.0 Å². The molecule has 0 radical (unpaired) electrons. The van der Waals surface area contributed by atoms with Crippen molar-refractivity contribution in [1.29, 1.82) is 5.26 Å². The zero-order valence-corrected chi connectivity index (χ0v) is 9.98. The number of para-hydroxylation sites is 1. The minimum Gasteiger partial charge on any atom is -0.258 e. The van der Waals surface area contributed by atoms with Crippen molar-refractivity contribution in [3.05, 3.63) is 34.4 Å². The second-order valence-corrected chi connectivity index (χ2v) is 4.93. The summed E-state index contributed by atoms with van der Waals surface area (Å²) in [6.07, 6.45) is 1.73. The summed E-state index contributed by atoms with van der Waals surface area (Å²) in [4.78, 5) is 10.5. The third-order valence-electron chi connectivity index (χ3n) is 2.18. The van der Waals surface area contributed by atoms with Crippen LogP contribution in [0, 0.1) is 21.4 Å². The maximum Gasteiger partial charge on any atom is 0.285 e. The van der Waals surface area contributed by atoms with Gasteiger partial charge in [-0.25, -0.2) is 0 Å². The summed E-state index contributed by atoms with van der Waals surface area (Å²) in [7, 11) is -1.37. The Kier molecular flexibility index (Phi) is 5.30. The van der Waals surface area contributed by atoms with E-state index in [-0.39, 0.29) is 10.6 Å². The van der Waals surface area contributed by atoms with Crippen LogP contribution in [0.5, 0.6) is 0 Å². The molecule has 0 aliphatic carbocycles. The average molecular weight is 252 g/mol. The van der Waals surface area contributed by atoms with Crippen molar-refractivity contribution in [3.8, 4) is 6.07 Å². The number of nitrogens with zero attached hydrogens (tertiary/aromatic N) is 2. The zero-order valence-electron chi connectivity index (χ0n) is 9.17. The van der Waals surface area contributed by atoms with Gasteiger partial charge in [-0.2, -0.15) is 5.26 Å². The van der Waals surface area contributed by atoms with E-state index < -0.39 is 15.7 Å². The molecule has 0 amide bonds. The number of nitro benzene ring substituents is 1. The Morgan fingerprint density at radius 1 is 1.35 bits per heavy atom. The Balaban J connectivity index is 2.69. The van der Waals surface area contributed by atoms with Gasteiger partial charge in [0.2, 0.25) is 0 Å². The van der Waals surface area contributed by atoms with Crippen molar-refractivity contribution in [1.82, 2.24) is 0 Å². The number of nitriles is 1. The van der Waals surface area contributed by atoms with Crippen LogP contribution in [0.3, 0.4) is 0 Å². The molecule has 0 fully saturated rings. The van der Waals surface area contributed by atoms with Gasteiger partial charge in [0.1, 0.15) is 4.90 Å². The largest absolute Gasteiger partial charge is 0.285 e. The molecule has 0 saturated carbocycles. The van der Waals surface area contributed by atoms with Crippen LogP contribution in [0.15, 0.2) is 29.2 Å². The Labute approximate surface area is 102 Å². The quantitative estimate of drug-likeness (QED) is 0.442. The van der Waals surface area contributed by atoms with E-state index in [4.69, 9.17) is 5.26 Å². The number of nitro groups is 1. The molecule has 17 heavy (non-hydrogen) atoms. The molecule has 0 aliphatic rings. The lowest BCUT2D eigenvalue weighted by Crippen LogP contribution is -2.02. The molecular formula is C11H12N2O3S. The Morgan fingerprint density at radius 2 is 2.06 bits per heavy atom. The molecule has 0 heterocycles. The molecule has 0 aliphatic heterocycles. The summed E-state index contributed by atoms with van der Waals surface area (Å²) >= 11 is 0. The minimum atomic E-state index is -1.37. The lowest BCUT2D eigenvalue weighted by molar-refractivity contribution is -0.387. The predicted molar refractivity (Wildman–Crippen MR) is 63.8 cm³/mol. The SMILES string of the molecule is N#CCCCCS(=O)c1ccccc1[N+](=O)[O-]. The van der Waals surface area contributed by atoms with Gasteiger partial charge in [0.15, 0.2) is 0 Å². The van der Waals surface area contributed by atoms with Gasteiger partial charge in [-0.1, -0.05) is 12.1 Å². The van der Waals surface area contributed by atoms with E-state index in [2.05, 4.69) is 0 Å². The van der Waals surface area contributed by atoms with E-state index >= 15 is 0 Å². The Morgan fingerprint density at radius 3 is 2.71 bits per heavy atom.